The molecule has 18 heavy (non-hydrogen) atoms. The van der Waals surface area contributed by atoms with Crippen LogP contribution in [0, 0.1) is 5.92 Å². The zero-order valence-corrected chi connectivity index (χ0v) is 11.5. The van der Waals surface area contributed by atoms with Crippen LogP contribution in [-0.2, 0) is 0 Å². The Morgan fingerprint density at radius 2 is 1.83 bits per heavy atom. The molecule has 2 unspecified atom stereocenters. The lowest BCUT2D eigenvalue weighted by Crippen LogP contribution is -2.53. The molecule has 0 aromatic rings. The molecule has 0 fully saturated rings. The molecule has 2 bridgehead atoms. The van der Waals surface area contributed by atoms with Gasteiger partial charge in [-0.05, 0) is 31.6 Å². The van der Waals surface area contributed by atoms with Crippen molar-refractivity contribution in [3.63, 3.8) is 0 Å². The van der Waals surface area contributed by atoms with Gasteiger partial charge in [0.1, 0.15) is 0 Å². The van der Waals surface area contributed by atoms with Crippen LogP contribution >= 0.6 is 0 Å². The largest absolute Gasteiger partial charge is 0.243 e. The average molecular weight is 252 g/mol. The fourth-order valence-corrected chi connectivity index (χ4v) is 2.81. The summed E-state index contributed by atoms with van der Waals surface area (Å²) >= 11 is 0. The highest BCUT2D eigenvalue weighted by atomic mass is 15.8. The van der Waals surface area contributed by atoms with E-state index >= 15 is 0 Å². The summed E-state index contributed by atoms with van der Waals surface area (Å²) in [6.45, 7) is 3.14. The van der Waals surface area contributed by atoms with Crippen LogP contribution in [0.25, 0.3) is 0 Å². The van der Waals surface area contributed by atoms with Crippen LogP contribution in [0.1, 0.15) is 51.4 Å². The Morgan fingerprint density at radius 3 is 2.83 bits per heavy atom. The van der Waals surface area contributed by atoms with E-state index in [9.17, 15) is 0 Å². The molecule has 4 nitrogen and oxygen atoms in total. The summed E-state index contributed by atoms with van der Waals surface area (Å²) in [5.74, 6) is 0.892. The Bertz CT molecular complexity index is 202. The topological polar surface area (TPSA) is 39.3 Å². The average Bonchev–Trinajstić information content (AvgIpc) is 2.36. The van der Waals surface area contributed by atoms with Crippen molar-refractivity contribution in [2.75, 3.05) is 19.6 Å². The quantitative estimate of drug-likeness (QED) is 0.578. The zero-order valence-electron chi connectivity index (χ0n) is 11.5. The zero-order chi connectivity index (χ0) is 12.5. The first-order valence-electron chi connectivity index (χ1n) is 7.58. The first-order valence-corrected chi connectivity index (χ1v) is 7.58. The number of hydrazine groups is 3. The van der Waals surface area contributed by atoms with Crippen molar-refractivity contribution in [3.8, 4) is 0 Å². The minimum Gasteiger partial charge on any atom is -0.243 e. The molecule has 0 aromatic heterocycles. The molecule has 0 saturated heterocycles. The molecule has 2 aliphatic rings. The lowest BCUT2D eigenvalue weighted by molar-refractivity contribution is 0.145. The van der Waals surface area contributed by atoms with E-state index in [1.54, 1.807) is 0 Å². The Kier molecular flexibility index (Phi) is 6.72. The van der Waals surface area contributed by atoms with E-state index in [2.05, 4.69) is 33.7 Å². The predicted octanol–water partition coefficient (Wildman–Crippen LogP) is 2.12. The Balaban J connectivity index is 1.95. The monoisotopic (exact) mass is 252 g/mol. The summed E-state index contributed by atoms with van der Waals surface area (Å²) in [7, 11) is 0. The number of allylic oxidation sites excluding steroid dienone is 1. The highest BCUT2D eigenvalue weighted by molar-refractivity contribution is 4.86. The molecule has 0 aliphatic carbocycles. The third kappa shape index (κ3) is 5.48. The first kappa shape index (κ1) is 14.0. The van der Waals surface area contributed by atoms with Crippen molar-refractivity contribution < 1.29 is 0 Å². The molecule has 2 aliphatic heterocycles. The van der Waals surface area contributed by atoms with Crippen LogP contribution in [0.5, 0.6) is 0 Å². The highest BCUT2D eigenvalue weighted by Gasteiger charge is 2.09. The van der Waals surface area contributed by atoms with E-state index in [1.165, 1.54) is 51.4 Å². The lowest BCUT2D eigenvalue weighted by atomic mass is 9.92. The van der Waals surface area contributed by atoms with Crippen molar-refractivity contribution in [2.45, 2.75) is 51.4 Å². The number of hydrogen-bond acceptors (Lipinski definition) is 4. The molecule has 2 heterocycles. The van der Waals surface area contributed by atoms with Crippen LogP contribution in [0.15, 0.2) is 12.2 Å². The second-order valence-corrected chi connectivity index (χ2v) is 5.53. The molecule has 0 amide bonds. The van der Waals surface area contributed by atoms with Gasteiger partial charge in [-0.3, -0.25) is 0 Å². The second kappa shape index (κ2) is 8.64. The molecule has 0 aromatic carbocycles. The van der Waals surface area contributed by atoms with E-state index in [1.807, 2.05) is 0 Å². The number of fused-ring (bicyclic) bond motifs is 4. The Hall–Kier alpha value is -0.420. The predicted molar refractivity (Wildman–Crippen MR) is 75.4 cm³/mol. The third-order valence-corrected chi connectivity index (χ3v) is 3.97. The van der Waals surface area contributed by atoms with Gasteiger partial charge in [-0.25, -0.2) is 10.4 Å². The van der Waals surface area contributed by atoms with Crippen molar-refractivity contribution in [2.24, 2.45) is 5.92 Å². The van der Waals surface area contributed by atoms with Crippen LogP contribution in [0.4, 0.5) is 0 Å². The summed E-state index contributed by atoms with van der Waals surface area (Å²) in [6, 6.07) is 0. The highest BCUT2D eigenvalue weighted by Crippen LogP contribution is 2.20. The van der Waals surface area contributed by atoms with Crippen molar-refractivity contribution in [1.82, 2.24) is 21.5 Å². The van der Waals surface area contributed by atoms with E-state index < -0.39 is 0 Å². The second-order valence-electron chi connectivity index (χ2n) is 5.53. The van der Waals surface area contributed by atoms with Crippen LogP contribution < -0.4 is 16.5 Å². The number of rotatable bonds is 0. The van der Waals surface area contributed by atoms with Gasteiger partial charge in [-0.2, -0.15) is 11.1 Å². The van der Waals surface area contributed by atoms with Crippen LogP contribution in [0.3, 0.4) is 0 Å². The molecule has 0 spiro atoms. The molecule has 3 N–H and O–H groups in total. The van der Waals surface area contributed by atoms with Gasteiger partial charge < -0.3 is 0 Å². The maximum absolute atomic E-state index is 3.25. The van der Waals surface area contributed by atoms with Gasteiger partial charge in [0.25, 0.3) is 0 Å². The molecule has 2 rings (SSSR count). The van der Waals surface area contributed by atoms with E-state index in [0.29, 0.717) is 0 Å². The summed E-state index contributed by atoms with van der Waals surface area (Å²) in [5.41, 5.74) is 9.60. The molecular weight excluding hydrogens is 224 g/mol. The molecule has 0 radical (unpaired) electrons. The van der Waals surface area contributed by atoms with Gasteiger partial charge in [0.05, 0.1) is 0 Å². The van der Waals surface area contributed by atoms with Gasteiger partial charge in [0.15, 0.2) is 0 Å². The number of nitrogens with one attached hydrogen (secondary N) is 3. The Labute approximate surface area is 111 Å². The van der Waals surface area contributed by atoms with E-state index in [-0.39, 0.29) is 0 Å². The SMILES string of the molecule is C1=C\CN2CCCCCCC(C/1)CCCNNN2. The van der Waals surface area contributed by atoms with Crippen molar-refractivity contribution in [3.05, 3.63) is 12.2 Å². The minimum absolute atomic E-state index is 0.892. The lowest BCUT2D eigenvalue weighted by Gasteiger charge is -2.24. The fraction of sp³-hybridized carbons (Fsp3) is 0.857. The van der Waals surface area contributed by atoms with Crippen molar-refractivity contribution in [1.29, 1.82) is 0 Å². The summed E-state index contributed by atoms with van der Waals surface area (Å²) < 4.78 is 0. The maximum atomic E-state index is 3.25. The molecule has 4 heteroatoms. The van der Waals surface area contributed by atoms with Gasteiger partial charge in [0, 0.05) is 19.6 Å². The third-order valence-electron chi connectivity index (χ3n) is 3.97. The van der Waals surface area contributed by atoms with E-state index in [0.717, 1.165) is 25.6 Å². The first-order chi connectivity index (χ1) is 8.95. The molecule has 2 atom stereocenters. The van der Waals surface area contributed by atoms with E-state index in [4.69, 9.17) is 0 Å². The van der Waals surface area contributed by atoms with Gasteiger partial charge in [-0.1, -0.05) is 37.8 Å². The normalized spacial score (nSPS) is 34.2. The molecule has 104 valence electrons. The number of nitrogens with zero attached hydrogens (tertiary/aromatic N) is 1. The van der Waals surface area contributed by atoms with Crippen LogP contribution in [-0.4, -0.2) is 24.6 Å². The standard InChI is InChI=1S/C14H28N4/c1-2-5-12-18-13-6-4-9-14(8-3-1)10-7-11-15-16-17-18/h4,6,14-17H,1-3,5,7-13H2/b6-4-. The van der Waals surface area contributed by atoms with Crippen molar-refractivity contribution >= 4 is 0 Å². The van der Waals surface area contributed by atoms with Gasteiger partial charge in [-0.15, -0.1) is 0 Å². The smallest absolute Gasteiger partial charge is 0.0325 e. The fourth-order valence-electron chi connectivity index (χ4n) is 2.81. The number of hydrogen-bond donors (Lipinski definition) is 3. The summed E-state index contributed by atoms with van der Waals surface area (Å²) in [6.07, 6.45) is 15.4. The molecular formula is C14H28N4. The van der Waals surface area contributed by atoms with Gasteiger partial charge in [0.2, 0.25) is 0 Å². The maximum Gasteiger partial charge on any atom is 0.0325 e. The summed E-state index contributed by atoms with van der Waals surface area (Å²) in [4.78, 5) is 0. The summed E-state index contributed by atoms with van der Waals surface area (Å²) in [5, 5.41) is 2.25. The minimum atomic E-state index is 0.892. The Morgan fingerprint density at radius 1 is 0.944 bits per heavy atom. The van der Waals surface area contributed by atoms with Gasteiger partial charge >= 0.3 is 0 Å². The van der Waals surface area contributed by atoms with Crippen LogP contribution in [0.2, 0.25) is 0 Å². The molecule has 0 saturated carbocycles.